The van der Waals surface area contributed by atoms with Gasteiger partial charge in [-0.3, -0.25) is 4.90 Å². The van der Waals surface area contributed by atoms with E-state index in [1.54, 1.807) is 0 Å². The van der Waals surface area contributed by atoms with Crippen LogP contribution in [0.1, 0.15) is 24.1 Å². The zero-order valence-electron chi connectivity index (χ0n) is 9.57. The summed E-state index contributed by atoms with van der Waals surface area (Å²) in [7, 11) is 0. The molecule has 0 aliphatic carbocycles. The van der Waals surface area contributed by atoms with Gasteiger partial charge in [-0.1, -0.05) is 24.3 Å². The predicted molar refractivity (Wildman–Crippen MR) is 62.0 cm³/mol. The van der Waals surface area contributed by atoms with Crippen LogP contribution < -0.4 is 0 Å². The lowest BCUT2D eigenvalue weighted by Gasteiger charge is -2.33. The van der Waals surface area contributed by atoms with Crippen molar-refractivity contribution in [3.8, 4) is 0 Å². The molecular formula is C13H19NO. The first-order chi connectivity index (χ1) is 7.29. The maximum Gasteiger partial charge on any atom is 0.0594 e. The molecule has 0 saturated carbocycles. The van der Waals surface area contributed by atoms with Crippen molar-refractivity contribution in [3.63, 3.8) is 0 Å². The molecule has 1 aliphatic heterocycles. The first-order valence-corrected chi connectivity index (χ1v) is 5.66. The molecule has 0 aromatic heterocycles. The highest BCUT2D eigenvalue weighted by molar-refractivity contribution is 5.28. The van der Waals surface area contributed by atoms with Gasteiger partial charge in [-0.05, 0) is 25.0 Å². The number of ether oxygens (including phenoxy) is 1. The first kappa shape index (κ1) is 10.7. The van der Waals surface area contributed by atoms with E-state index in [1.165, 1.54) is 11.1 Å². The molecule has 0 N–H and O–H groups in total. The van der Waals surface area contributed by atoms with Gasteiger partial charge in [0.1, 0.15) is 0 Å². The molecule has 2 heteroatoms. The second kappa shape index (κ2) is 4.77. The van der Waals surface area contributed by atoms with Gasteiger partial charge in [0.05, 0.1) is 13.2 Å². The molecule has 0 radical (unpaired) electrons. The lowest BCUT2D eigenvalue weighted by Crippen LogP contribution is -2.38. The van der Waals surface area contributed by atoms with Gasteiger partial charge in [0.15, 0.2) is 0 Å². The fourth-order valence-corrected chi connectivity index (χ4v) is 2.22. The minimum atomic E-state index is 0.509. The van der Waals surface area contributed by atoms with Gasteiger partial charge >= 0.3 is 0 Å². The van der Waals surface area contributed by atoms with Crippen LogP contribution in [0.5, 0.6) is 0 Å². The normalized spacial score (nSPS) is 20.1. The third-order valence-corrected chi connectivity index (χ3v) is 3.23. The fourth-order valence-electron chi connectivity index (χ4n) is 2.22. The molecule has 82 valence electrons. The monoisotopic (exact) mass is 205 g/mol. The minimum absolute atomic E-state index is 0.509. The molecule has 15 heavy (non-hydrogen) atoms. The molecule has 1 aliphatic rings. The summed E-state index contributed by atoms with van der Waals surface area (Å²) < 4.78 is 5.37. The highest BCUT2D eigenvalue weighted by atomic mass is 16.5. The van der Waals surface area contributed by atoms with Gasteiger partial charge in [-0.15, -0.1) is 0 Å². The SMILES string of the molecule is Cc1ccccc1C(C)N1CCOCC1. The summed E-state index contributed by atoms with van der Waals surface area (Å²) in [6, 6.07) is 9.15. The quantitative estimate of drug-likeness (QED) is 0.735. The molecule has 0 bridgehead atoms. The lowest BCUT2D eigenvalue weighted by molar-refractivity contribution is 0.0197. The molecule has 1 atom stereocenters. The van der Waals surface area contributed by atoms with Crippen LogP contribution in [0.25, 0.3) is 0 Å². The maximum absolute atomic E-state index is 5.37. The van der Waals surface area contributed by atoms with Crippen molar-refractivity contribution in [2.75, 3.05) is 26.3 Å². The molecular weight excluding hydrogens is 186 g/mol. The Morgan fingerprint density at radius 2 is 1.87 bits per heavy atom. The smallest absolute Gasteiger partial charge is 0.0594 e. The number of benzene rings is 1. The third kappa shape index (κ3) is 2.39. The summed E-state index contributed by atoms with van der Waals surface area (Å²) in [5.41, 5.74) is 2.83. The van der Waals surface area contributed by atoms with Crippen LogP contribution in [-0.2, 0) is 4.74 Å². The number of aryl methyl sites for hydroxylation is 1. The topological polar surface area (TPSA) is 12.5 Å². The van der Waals surface area contributed by atoms with Crippen molar-refractivity contribution in [1.82, 2.24) is 4.90 Å². The maximum atomic E-state index is 5.37. The molecule has 2 rings (SSSR count). The van der Waals surface area contributed by atoms with Gasteiger partial charge in [-0.25, -0.2) is 0 Å². The molecule has 1 saturated heterocycles. The van der Waals surface area contributed by atoms with Crippen molar-refractivity contribution in [3.05, 3.63) is 35.4 Å². The minimum Gasteiger partial charge on any atom is -0.379 e. The van der Waals surface area contributed by atoms with E-state index in [2.05, 4.69) is 43.0 Å². The Hall–Kier alpha value is -0.860. The van der Waals surface area contributed by atoms with Gasteiger partial charge in [0, 0.05) is 19.1 Å². The number of rotatable bonds is 2. The largest absolute Gasteiger partial charge is 0.379 e. The molecule has 0 spiro atoms. The molecule has 2 nitrogen and oxygen atoms in total. The Morgan fingerprint density at radius 3 is 2.53 bits per heavy atom. The van der Waals surface area contributed by atoms with E-state index in [9.17, 15) is 0 Å². The fraction of sp³-hybridized carbons (Fsp3) is 0.538. The molecule has 1 fully saturated rings. The highest BCUT2D eigenvalue weighted by Crippen LogP contribution is 2.23. The third-order valence-electron chi connectivity index (χ3n) is 3.23. The zero-order valence-corrected chi connectivity index (χ0v) is 9.57. The second-order valence-corrected chi connectivity index (χ2v) is 4.18. The van der Waals surface area contributed by atoms with Crippen LogP contribution in [0.3, 0.4) is 0 Å². The average molecular weight is 205 g/mol. The first-order valence-electron chi connectivity index (χ1n) is 5.66. The Bertz CT molecular complexity index is 318. The van der Waals surface area contributed by atoms with Crippen LogP contribution in [0.15, 0.2) is 24.3 Å². The highest BCUT2D eigenvalue weighted by Gasteiger charge is 2.19. The van der Waals surface area contributed by atoms with E-state index in [0.29, 0.717) is 6.04 Å². The Kier molecular flexibility index (Phi) is 3.39. The molecule has 1 heterocycles. The summed E-state index contributed by atoms with van der Waals surface area (Å²) in [4.78, 5) is 2.49. The van der Waals surface area contributed by atoms with E-state index in [4.69, 9.17) is 4.74 Å². The predicted octanol–water partition coefficient (Wildman–Crippen LogP) is 2.39. The Balaban J connectivity index is 2.12. The van der Waals surface area contributed by atoms with Gasteiger partial charge in [0.25, 0.3) is 0 Å². The van der Waals surface area contributed by atoms with Crippen molar-refractivity contribution in [1.29, 1.82) is 0 Å². The van der Waals surface area contributed by atoms with E-state index in [1.807, 2.05) is 0 Å². The number of hydrogen-bond acceptors (Lipinski definition) is 2. The van der Waals surface area contributed by atoms with Crippen molar-refractivity contribution in [2.24, 2.45) is 0 Å². The van der Waals surface area contributed by atoms with Crippen LogP contribution in [0.4, 0.5) is 0 Å². The van der Waals surface area contributed by atoms with Crippen LogP contribution >= 0.6 is 0 Å². The lowest BCUT2D eigenvalue weighted by atomic mass is 10.0. The number of hydrogen-bond donors (Lipinski definition) is 0. The standard InChI is InChI=1S/C13H19NO/c1-11-5-3-4-6-13(11)12(2)14-7-9-15-10-8-14/h3-6,12H,7-10H2,1-2H3. The summed E-state index contributed by atoms with van der Waals surface area (Å²) in [5.74, 6) is 0. The van der Waals surface area contributed by atoms with E-state index >= 15 is 0 Å². The summed E-state index contributed by atoms with van der Waals surface area (Å²) in [6.07, 6.45) is 0. The Morgan fingerprint density at radius 1 is 1.20 bits per heavy atom. The van der Waals surface area contributed by atoms with Crippen LogP contribution in [0, 0.1) is 6.92 Å². The number of morpholine rings is 1. The van der Waals surface area contributed by atoms with Gasteiger partial charge < -0.3 is 4.74 Å². The van der Waals surface area contributed by atoms with E-state index in [-0.39, 0.29) is 0 Å². The summed E-state index contributed by atoms with van der Waals surface area (Å²) in [6.45, 7) is 8.32. The van der Waals surface area contributed by atoms with Crippen LogP contribution in [0.2, 0.25) is 0 Å². The Labute approximate surface area is 91.9 Å². The molecule has 1 aromatic carbocycles. The average Bonchev–Trinajstić information content (AvgIpc) is 2.30. The van der Waals surface area contributed by atoms with Gasteiger partial charge in [-0.2, -0.15) is 0 Å². The van der Waals surface area contributed by atoms with E-state index < -0.39 is 0 Å². The molecule has 0 amide bonds. The zero-order chi connectivity index (χ0) is 10.7. The van der Waals surface area contributed by atoms with Crippen molar-refractivity contribution < 1.29 is 4.74 Å². The van der Waals surface area contributed by atoms with Crippen LogP contribution in [-0.4, -0.2) is 31.2 Å². The summed E-state index contributed by atoms with van der Waals surface area (Å²) in [5, 5.41) is 0. The summed E-state index contributed by atoms with van der Waals surface area (Å²) >= 11 is 0. The van der Waals surface area contributed by atoms with Crippen molar-refractivity contribution >= 4 is 0 Å². The number of nitrogens with zero attached hydrogens (tertiary/aromatic N) is 1. The van der Waals surface area contributed by atoms with Gasteiger partial charge in [0.2, 0.25) is 0 Å². The second-order valence-electron chi connectivity index (χ2n) is 4.18. The molecule has 1 aromatic rings. The molecule has 1 unspecified atom stereocenters. The van der Waals surface area contributed by atoms with Crippen molar-refractivity contribution in [2.45, 2.75) is 19.9 Å². The van der Waals surface area contributed by atoms with E-state index in [0.717, 1.165) is 26.3 Å².